The molecule has 1 saturated carbocycles. The van der Waals surface area contributed by atoms with Crippen molar-refractivity contribution in [1.29, 1.82) is 0 Å². The normalized spacial score (nSPS) is 20.9. The minimum Gasteiger partial charge on any atom is -0.496 e. The van der Waals surface area contributed by atoms with E-state index < -0.39 is 0 Å². The largest absolute Gasteiger partial charge is 0.496 e. The summed E-state index contributed by atoms with van der Waals surface area (Å²) in [5.41, 5.74) is 0.907. The lowest BCUT2D eigenvalue weighted by molar-refractivity contribution is -0.116. The average Bonchev–Trinajstić information content (AvgIpc) is 3.46. The number of carbonyl (C=O) groups is 1. The molecule has 6 nitrogen and oxygen atoms in total. The molecule has 5 rings (SSSR count). The number of hydrogen-bond donors (Lipinski definition) is 1. The van der Waals surface area contributed by atoms with E-state index in [1.807, 2.05) is 30.3 Å². The lowest BCUT2D eigenvalue weighted by atomic mass is 10.2. The van der Waals surface area contributed by atoms with Gasteiger partial charge in [0, 0.05) is 56.3 Å². The number of rotatable bonds is 8. The third kappa shape index (κ3) is 5.20. The second kappa shape index (κ2) is 9.93. The van der Waals surface area contributed by atoms with Gasteiger partial charge in [-0.25, -0.2) is 0 Å². The molecular formula is C26H30N4O2S. The van der Waals surface area contributed by atoms with Crippen LogP contribution < -0.4 is 15.0 Å². The summed E-state index contributed by atoms with van der Waals surface area (Å²) in [6.45, 7) is 6.07. The van der Waals surface area contributed by atoms with Crippen LogP contribution in [0.15, 0.2) is 54.6 Å². The highest BCUT2D eigenvalue weighted by atomic mass is 32.1. The zero-order chi connectivity index (χ0) is 22.6. The number of fused-ring (bicyclic) bond motifs is 1. The van der Waals surface area contributed by atoms with Crippen molar-refractivity contribution in [3.8, 4) is 5.75 Å². The highest BCUT2D eigenvalue weighted by molar-refractivity contribution is 7.13. The Kier molecular flexibility index (Phi) is 6.60. The number of ether oxygens (including phenoxy) is 1. The Morgan fingerprint density at radius 2 is 1.91 bits per heavy atom. The van der Waals surface area contributed by atoms with Gasteiger partial charge in [0.25, 0.3) is 0 Å². The van der Waals surface area contributed by atoms with Crippen LogP contribution in [0.2, 0.25) is 0 Å². The van der Waals surface area contributed by atoms with E-state index in [1.54, 1.807) is 24.7 Å². The van der Waals surface area contributed by atoms with Gasteiger partial charge in [0.2, 0.25) is 5.91 Å². The van der Waals surface area contributed by atoms with E-state index in [9.17, 15) is 4.79 Å². The summed E-state index contributed by atoms with van der Waals surface area (Å²) in [5.74, 6) is 3.15. The molecule has 2 aromatic carbocycles. The molecule has 33 heavy (non-hydrogen) atoms. The Balaban J connectivity index is 1.04. The van der Waals surface area contributed by atoms with Crippen LogP contribution in [0, 0.1) is 11.8 Å². The Morgan fingerprint density at radius 1 is 1.12 bits per heavy atom. The smallest absolute Gasteiger partial charge is 0.244 e. The van der Waals surface area contributed by atoms with Crippen molar-refractivity contribution in [2.24, 2.45) is 11.8 Å². The predicted molar refractivity (Wildman–Crippen MR) is 135 cm³/mol. The van der Waals surface area contributed by atoms with Crippen molar-refractivity contribution in [3.05, 3.63) is 60.2 Å². The highest BCUT2D eigenvalue weighted by Gasteiger charge is 2.38. The fourth-order valence-electron chi connectivity index (χ4n) is 4.62. The molecule has 172 valence electrons. The second-order valence-corrected chi connectivity index (χ2v) is 9.67. The van der Waals surface area contributed by atoms with Gasteiger partial charge in [0.1, 0.15) is 11.6 Å². The third-order valence-corrected chi connectivity index (χ3v) is 7.50. The first-order valence-electron chi connectivity index (χ1n) is 11.6. The lowest BCUT2D eigenvalue weighted by Gasteiger charge is -2.35. The first kappa shape index (κ1) is 21.9. The average molecular weight is 463 g/mol. The van der Waals surface area contributed by atoms with Gasteiger partial charge < -0.3 is 15.0 Å². The first-order chi connectivity index (χ1) is 16.2. The minimum absolute atomic E-state index is 0.0457. The van der Waals surface area contributed by atoms with Gasteiger partial charge in [-0.05, 0) is 54.1 Å². The Hall–Kier alpha value is -2.90. The Bertz CT molecular complexity index is 1140. The number of nitrogens with zero attached hydrogens (tertiary/aromatic N) is 3. The maximum Gasteiger partial charge on any atom is 0.244 e. The molecule has 2 heterocycles. The topological polar surface area (TPSA) is 57.7 Å². The van der Waals surface area contributed by atoms with Crippen LogP contribution in [0.5, 0.6) is 5.75 Å². The van der Waals surface area contributed by atoms with E-state index >= 15 is 0 Å². The molecule has 2 unspecified atom stereocenters. The van der Waals surface area contributed by atoms with Crippen molar-refractivity contribution in [2.75, 3.05) is 51.3 Å². The molecule has 1 aromatic heterocycles. The van der Waals surface area contributed by atoms with Crippen molar-refractivity contribution >= 4 is 39.4 Å². The number of carbonyl (C=O) groups excluding carboxylic acids is 1. The van der Waals surface area contributed by atoms with Crippen molar-refractivity contribution in [3.63, 3.8) is 0 Å². The molecule has 2 fully saturated rings. The quantitative estimate of drug-likeness (QED) is 0.515. The number of methoxy groups -OCH3 is 1. The summed E-state index contributed by atoms with van der Waals surface area (Å²) in [4.78, 5) is 17.2. The fraction of sp³-hybridized carbons (Fsp3) is 0.385. The van der Waals surface area contributed by atoms with E-state index in [-0.39, 0.29) is 5.91 Å². The number of amides is 1. The van der Waals surface area contributed by atoms with Crippen molar-refractivity contribution in [2.45, 2.75) is 6.42 Å². The molecule has 0 spiro atoms. The minimum atomic E-state index is -0.0457. The molecule has 1 aliphatic heterocycles. The van der Waals surface area contributed by atoms with Crippen molar-refractivity contribution < 1.29 is 9.53 Å². The number of nitrogens with one attached hydrogen (secondary N) is 1. The van der Waals surface area contributed by atoms with Gasteiger partial charge in [-0.1, -0.05) is 30.3 Å². The van der Waals surface area contributed by atoms with Gasteiger partial charge in [-0.3, -0.25) is 9.69 Å². The first-order valence-corrected chi connectivity index (χ1v) is 12.4. The molecule has 1 aliphatic carbocycles. The maximum absolute atomic E-state index is 12.2. The molecule has 3 aromatic rings. The van der Waals surface area contributed by atoms with E-state index in [4.69, 9.17) is 9.11 Å². The molecule has 7 heteroatoms. The fourth-order valence-corrected chi connectivity index (χ4v) is 5.41. The third-order valence-electron chi connectivity index (χ3n) is 6.68. The Morgan fingerprint density at radius 3 is 2.76 bits per heavy atom. The number of aromatic nitrogens is 1. The zero-order valence-electron chi connectivity index (χ0n) is 18.9. The van der Waals surface area contributed by atoms with Crippen LogP contribution in [0.4, 0.5) is 5.82 Å². The van der Waals surface area contributed by atoms with Crippen LogP contribution >= 0.6 is 11.5 Å². The summed E-state index contributed by atoms with van der Waals surface area (Å²) < 4.78 is 11.3. The SMILES string of the molecule is COc1ccccc1/C=C/C(=O)NCC1CC1CN1CCN(c2nsc3ccccc23)CC1. The Labute approximate surface area is 199 Å². The number of para-hydroxylation sites is 1. The van der Waals surface area contributed by atoms with Gasteiger partial charge in [-0.2, -0.15) is 4.37 Å². The van der Waals surface area contributed by atoms with E-state index in [2.05, 4.69) is 39.4 Å². The van der Waals surface area contributed by atoms with Crippen LogP contribution in [0.25, 0.3) is 16.2 Å². The second-order valence-electron chi connectivity index (χ2n) is 8.87. The summed E-state index contributed by atoms with van der Waals surface area (Å²) in [6, 6.07) is 16.2. The van der Waals surface area contributed by atoms with Crippen LogP contribution in [-0.2, 0) is 4.79 Å². The summed E-state index contributed by atoms with van der Waals surface area (Å²) in [6.07, 6.45) is 4.60. The predicted octanol–water partition coefficient (Wildman–Crippen LogP) is 3.89. The zero-order valence-corrected chi connectivity index (χ0v) is 19.8. The van der Waals surface area contributed by atoms with Gasteiger partial charge in [0.15, 0.2) is 0 Å². The van der Waals surface area contributed by atoms with Crippen LogP contribution in [0.1, 0.15) is 12.0 Å². The number of anilines is 1. The lowest BCUT2D eigenvalue weighted by Crippen LogP contribution is -2.47. The van der Waals surface area contributed by atoms with E-state index in [0.717, 1.165) is 56.4 Å². The number of benzene rings is 2. The molecule has 1 N–H and O–H groups in total. The maximum atomic E-state index is 12.2. The van der Waals surface area contributed by atoms with Gasteiger partial charge in [0.05, 0.1) is 11.8 Å². The van der Waals surface area contributed by atoms with Gasteiger partial charge >= 0.3 is 0 Å². The molecule has 2 aliphatic rings. The monoisotopic (exact) mass is 462 g/mol. The standard InChI is InChI=1S/C26H30N4O2S/c1-32-23-8-4-2-6-19(23)10-11-25(31)27-17-20-16-21(20)18-29-12-14-30(15-13-29)26-22-7-3-5-9-24(22)33-28-26/h2-11,20-21H,12-18H2,1H3,(H,27,31)/b11-10+. The van der Waals surface area contributed by atoms with E-state index in [0.29, 0.717) is 11.8 Å². The van der Waals surface area contributed by atoms with Crippen molar-refractivity contribution in [1.82, 2.24) is 14.6 Å². The molecular weight excluding hydrogens is 432 g/mol. The van der Waals surface area contributed by atoms with Gasteiger partial charge in [-0.15, -0.1) is 0 Å². The molecule has 1 amide bonds. The summed E-state index contributed by atoms with van der Waals surface area (Å²) >= 11 is 1.59. The van der Waals surface area contributed by atoms with E-state index in [1.165, 1.54) is 16.5 Å². The molecule has 0 bridgehead atoms. The molecule has 2 atom stereocenters. The molecule has 0 radical (unpaired) electrons. The summed E-state index contributed by atoms with van der Waals surface area (Å²) in [7, 11) is 1.64. The van der Waals surface area contributed by atoms with Crippen LogP contribution in [-0.4, -0.2) is 61.6 Å². The van der Waals surface area contributed by atoms with Crippen LogP contribution in [0.3, 0.4) is 0 Å². The summed E-state index contributed by atoms with van der Waals surface area (Å²) in [5, 5.41) is 4.33. The molecule has 1 saturated heterocycles. The number of piperazine rings is 1. The number of hydrogen-bond acceptors (Lipinski definition) is 6. The highest BCUT2D eigenvalue weighted by Crippen LogP contribution is 2.39.